The first-order valence-electron chi connectivity index (χ1n) is 9.02. The summed E-state index contributed by atoms with van der Waals surface area (Å²) >= 11 is 0. The number of fused-ring (bicyclic) bond motifs is 2. The number of hydrogen-bond donors (Lipinski definition) is 0. The van der Waals surface area contributed by atoms with Gasteiger partial charge in [-0.2, -0.15) is 0 Å². The third kappa shape index (κ3) is 2.60. The molecule has 0 amide bonds. The molecule has 0 aromatic carbocycles. The molecule has 2 aliphatic carbocycles. The Balaban J connectivity index is 1.81. The highest BCUT2D eigenvalue weighted by Gasteiger charge is 2.53. The van der Waals surface area contributed by atoms with E-state index in [4.69, 9.17) is 9.47 Å². The zero-order chi connectivity index (χ0) is 17.6. The van der Waals surface area contributed by atoms with Crippen molar-refractivity contribution in [1.82, 2.24) is 0 Å². The molecule has 132 valence electrons. The lowest BCUT2D eigenvalue weighted by molar-refractivity contribution is -0.160. The van der Waals surface area contributed by atoms with Crippen LogP contribution in [0.3, 0.4) is 0 Å². The predicted molar refractivity (Wildman–Crippen MR) is 91.1 cm³/mol. The van der Waals surface area contributed by atoms with E-state index in [1.807, 2.05) is 13.8 Å². The second-order valence-electron chi connectivity index (χ2n) is 7.94. The van der Waals surface area contributed by atoms with E-state index in [0.717, 1.165) is 31.3 Å². The van der Waals surface area contributed by atoms with Crippen molar-refractivity contribution in [2.75, 3.05) is 0 Å². The summed E-state index contributed by atoms with van der Waals surface area (Å²) < 4.78 is 11.3. The van der Waals surface area contributed by atoms with Crippen LogP contribution in [-0.4, -0.2) is 24.1 Å². The highest BCUT2D eigenvalue weighted by atomic mass is 16.6. The molecular weight excluding hydrogens is 304 g/mol. The Morgan fingerprint density at radius 3 is 2.75 bits per heavy atom. The molecule has 5 atom stereocenters. The van der Waals surface area contributed by atoms with Crippen molar-refractivity contribution in [1.29, 1.82) is 0 Å². The lowest BCUT2D eigenvalue weighted by Gasteiger charge is -2.53. The van der Waals surface area contributed by atoms with Gasteiger partial charge in [-0.25, -0.2) is 9.59 Å². The number of esters is 2. The largest absolute Gasteiger partial charge is 0.459 e. The van der Waals surface area contributed by atoms with Gasteiger partial charge in [-0.15, -0.1) is 0 Å². The average molecular weight is 332 g/mol. The number of carbonyl (C=O) groups excluding carboxylic acids is 2. The van der Waals surface area contributed by atoms with Crippen molar-refractivity contribution in [3.05, 3.63) is 22.8 Å². The molecule has 0 radical (unpaired) electrons. The van der Waals surface area contributed by atoms with E-state index < -0.39 is 0 Å². The topological polar surface area (TPSA) is 52.6 Å². The summed E-state index contributed by atoms with van der Waals surface area (Å²) in [7, 11) is 0. The molecule has 0 bridgehead atoms. The number of rotatable bonds is 2. The monoisotopic (exact) mass is 332 g/mol. The first kappa shape index (κ1) is 17.2. The van der Waals surface area contributed by atoms with Gasteiger partial charge in [-0.05, 0) is 69.3 Å². The van der Waals surface area contributed by atoms with Crippen molar-refractivity contribution in [3.8, 4) is 0 Å². The van der Waals surface area contributed by atoms with Gasteiger partial charge in [0.05, 0.1) is 0 Å². The first-order valence-corrected chi connectivity index (χ1v) is 9.02. The summed E-state index contributed by atoms with van der Waals surface area (Å²) in [6.07, 6.45) is 5.42. The maximum Gasteiger partial charge on any atom is 0.334 e. The molecule has 0 unspecified atom stereocenters. The fourth-order valence-electron chi connectivity index (χ4n) is 4.71. The summed E-state index contributed by atoms with van der Waals surface area (Å²) in [6.45, 7) is 10.0. The molecule has 4 nitrogen and oxygen atoms in total. The highest BCUT2D eigenvalue weighted by molar-refractivity contribution is 5.91. The van der Waals surface area contributed by atoms with Gasteiger partial charge >= 0.3 is 11.9 Å². The van der Waals surface area contributed by atoms with Crippen LogP contribution in [0.5, 0.6) is 0 Å². The van der Waals surface area contributed by atoms with Gasteiger partial charge in [0, 0.05) is 11.1 Å². The van der Waals surface area contributed by atoms with Gasteiger partial charge in [-0.1, -0.05) is 19.9 Å². The summed E-state index contributed by atoms with van der Waals surface area (Å²) in [5.41, 5.74) is 2.66. The van der Waals surface area contributed by atoms with Crippen LogP contribution in [0.15, 0.2) is 22.8 Å². The third-order valence-corrected chi connectivity index (χ3v) is 6.84. The van der Waals surface area contributed by atoms with E-state index in [1.165, 1.54) is 5.57 Å². The van der Waals surface area contributed by atoms with Crippen LogP contribution >= 0.6 is 0 Å². The fourth-order valence-corrected chi connectivity index (χ4v) is 4.71. The van der Waals surface area contributed by atoms with Gasteiger partial charge in [0.1, 0.15) is 12.2 Å². The van der Waals surface area contributed by atoms with Crippen LogP contribution in [0.25, 0.3) is 0 Å². The van der Waals surface area contributed by atoms with E-state index in [-0.39, 0.29) is 35.5 Å². The normalized spacial score (nSPS) is 39.2. The SMILES string of the molecule is C/C=C(/C)C(=O)O[C@@H]1CC[C@@H]2C[C@@H]3OC(=O)C(C)=C3C[C@]2(C)[C@H]1C. The zero-order valence-corrected chi connectivity index (χ0v) is 15.3. The molecule has 2 saturated carbocycles. The maximum atomic E-state index is 12.2. The van der Waals surface area contributed by atoms with Crippen LogP contribution in [0.4, 0.5) is 0 Å². The molecule has 0 aromatic heterocycles. The number of hydrogen-bond acceptors (Lipinski definition) is 4. The quantitative estimate of drug-likeness (QED) is 0.567. The number of allylic oxidation sites excluding steroid dienone is 1. The Morgan fingerprint density at radius 1 is 1.38 bits per heavy atom. The van der Waals surface area contributed by atoms with Gasteiger partial charge in [-0.3, -0.25) is 0 Å². The molecule has 2 fully saturated rings. The van der Waals surface area contributed by atoms with Crippen molar-refractivity contribution in [2.24, 2.45) is 17.3 Å². The number of carbonyl (C=O) groups is 2. The molecule has 0 aromatic rings. The van der Waals surface area contributed by atoms with Gasteiger partial charge in [0.15, 0.2) is 0 Å². The summed E-state index contributed by atoms with van der Waals surface area (Å²) in [4.78, 5) is 24.1. The van der Waals surface area contributed by atoms with Crippen molar-refractivity contribution in [2.45, 2.75) is 72.5 Å². The highest BCUT2D eigenvalue weighted by Crippen LogP contribution is 2.57. The Kier molecular flexibility index (Phi) is 4.35. The second-order valence-corrected chi connectivity index (χ2v) is 7.94. The minimum atomic E-state index is -0.208. The smallest absolute Gasteiger partial charge is 0.334 e. The Morgan fingerprint density at radius 2 is 2.08 bits per heavy atom. The number of ether oxygens (including phenoxy) is 2. The molecule has 3 aliphatic rings. The predicted octanol–water partition coefficient (Wildman–Crippen LogP) is 3.95. The molecule has 24 heavy (non-hydrogen) atoms. The second kappa shape index (κ2) is 6.05. The molecule has 3 rings (SSSR count). The summed E-state index contributed by atoms with van der Waals surface area (Å²) in [5.74, 6) is 0.413. The third-order valence-electron chi connectivity index (χ3n) is 6.84. The van der Waals surface area contributed by atoms with E-state index in [1.54, 1.807) is 13.0 Å². The Labute approximate surface area is 144 Å². The van der Waals surface area contributed by atoms with Gasteiger partial charge in [0.25, 0.3) is 0 Å². The zero-order valence-electron chi connectivity index (χ0n) is 15.3. The maximum absolute atomic E-state index is 12.2. The molecule has 0 spiro atoms. The Bertz CT molecular complexity index is 630. The van der Waals surface area contributed by atoms with E-state index in [2.05, 4.69) is 13.8 Å². The minimum Gasteiger partial charge on any atom is -0.459 e. The summed E-state index contributed by atoms with van der Waals surface area (Å²) in [6, 6.07) is 0. The van der Waals surface area contributed by atoms with E-state index >= 15 is 0 Å². The standard InChI is InChI=1S/C20H28O4/c1-6-11(2)18(21)23-16-8-7-14-9-17-15(12(3)19(22)24-17)10-20(14,5)13(16)4/h6,13-14,16-17H,7-10H2,1-5H3/b11-6-/t13-,14+,16+,17-,20+/m0/s1. The van der Waals surface area contributed by atoms with E-state index in [0.29, 0.717) is 11.5 Å². The summed E-state index contributed by atoms with van der Waals surface area (Å²) in [5, 5.41) is 0. The lowest BCUT2D eigenvalue weighted by Crippen LogP contribution is -2.50. The van der Waals surface area contributed by atoms with Gasteiger partial charge in [0.2, 0.25) is 0 Å². The molecule has 0 saturated heterocycles. The molecule has 0 N–H and O–H groups in total. The Hall–Kier alpha value is -1.58. The molecule has 1 aliphatic heterocycles. The molecule has 1 heterocycles. The van der Waals surface area contributed by atoms with Crippen molar-refractivity contribution in [3.63, 3.8) is 0 Å². The fraction of sp³-hybridized carbons (Fsp3) is 0.700. The lowest BCUT2D eigenvalue weighted by atomic mass is 9.53. The first-order chi connectivity index (χ1) is 11.3. The molecule has 4 heteroatoms. The van der Waals surface area contributed by atoms with Crippen LogP contribution < -0.4 is 0 Å². The van der Waals surface area contributed by atoms with Crippen molar-refractivity contribution >= 4 is 11.9 Å². The van der Waals surface area contributed by atoms with E-state index in [9.17, 15) is 9.59 Å². The van der Waals surface area contributed by atoms with Crippen molar-refractivity contribution < 1.29 is 19.1 Å². The van der Waals surface area contributed by atoms with Crippen LogP contribution in [-0.2, 0) is 19.1 Å². The van der Waals surface area contributed by atoms with Crippen LogP contribution in [0.1, 0.15) is 60.3 Å². The minimum absolute atomic E-state index is 0.0212. The van der Waals surface area contributed by atoms with Gasteiger partial charge < -0.3 is 9.47 Å². The average Bonchev–Trinajstić information content (AvgIpc) is 2.82. The van der Waals surface area contributed by atoms with Crippen LogP contribution in [0, 0.1) is 17.3 Å². The van der Waals surface area contributed by atoms with Crippen LogP contribution in [0.2, 0.25) is 0 Å². The molecular formula is C20H28O4.